The second-order valence-electron chi connectivity index (χ2n) is 5.21. The number of nitrogens with two attached hydrogens (primary N) is 1. The van der Waals surface area contributed by atoms with Gasteiger partial charge in [0, 0.05) is 12.5 Å². The van der Waals surface area contributed by atoms with Crippen LogP contribution in [-0.2, 0) is 24.1 Å². The van der Waals surface area contributed by atoms with Crippen molar-refractivity contribution in [2.75, 3.05) is 0 Å². The molecule has 0 heterocycles. The maximum absolute atomic E-state index is 10.4. The van der Waals surface area contributed by atoms with Gasteiger partial charge in [0.05, 0.1) is 0 Å². The van der Waals surface area contributed by atoms with E-state index < -0.39 is 5.97 Å². The summed E-state index contributed by atoms with van der Waals surface area (Å²) < 4.78 is 0. The smallest absolute Gasteiger partial charge is 0.303 e. The molecule has 3 nitrogen and oxygen atoms in total. The molecule has 0 radical (unpaired) electrons. The third-order valence-electron chi connectivity index (χ3n) is 3.64. The van der Waals surface area contributed by atoms with E-state index in [1.165, 1.54) is 16.7 Å². The minimum Gasteiger partial charge on any atom is -0.481 e. The van der Waals surface area contributed by atoms with E-state index in [9.17, 15) is 4.79 Å². The number of rotatable bonds is 5. The molecule has 1 aliphatic rings. The van der Waals surface area contributed by atoms with Crippen molar-refractivity contribution in [1.29, 1.82) is 0 Å². The van der Waals surface area contributed by atoms with Crippen molar-refractivity contribution in [3.05, 3.63) is 34.9 Å². The molecule has 0 aliphatic heterocycles. The molecule has 3 heteroatoms. The quantitative estimate of drug-likeness (QED) is 0.785. The SMILES string of the molecule is NC1CCc2ccc(CCCCC(=O)O)cc2C1. The second-order valence-corrected chi connectivity index (χ2v) is 5.21. The molecule has 0 saturated heterocycles. The highest BCUT2D eigenvalue weighted by atomic mass is 16.4. The molecule has 2 rings (SSSR count). The predicted molar refractivity (Wildman–Crippen MR) is 71.6 cm³/mol. The van der Waals surface area contributed by atoms with Crippen LogP contribution in [-0.4, -0.2) is 17.1 Å². The fourth-order valence-electron chi connectivity index (χ4n) is 2.60. The summed E-state index contributed by atoms with van der Waals surface area (Å²) in [5.41, 5.74) is 10.1. The van der Waals surface area contributed by atoms with Crippen molar-refractivity contribution < 1.29 is 9.90 Å². The molecule has 0 fully saturated rings. The van der Waals surface area contributed by atoms with E-state index in [-0.39, 0.29) is 6.42 Å². The van der Waals surface area contributed by atoms with Crippen molar-refractivity contribution in [3.63, 3.8) is 0 Å². The van der Waals surface area contributed by atoms with Crippen LogP contribution < -0.4 is 5.73 Å². The number of carboxylic acids is 1. The van der Waals surface area contributed by atoms with E-state index in [2.05, 4.69) is 18.2 Å². The molecule has 0 saturated carbocycles. The third-order valence-corrected chi connectivity index (χ3v) is 3.64. The minimum atomic E-state index is -0.702. The molecule has 3 N–H and O–H groups in total. The maximum Gasteiger partial charge on any atom is 0.303 e. The van der Waals surface area contributed by atoms with Gasteiger partial charge in [0.25, 0.3) is 0 Å². The van der Waals surface area contributed by atoms with Crippen molar-refractivity contribution in [2.45, 2.75) is 51.0 Å². The number of hydrogen-bond donors (Lipinski definition) is 2. The van der Waals surface area contributed by atoms with Gasteiger partial charge in [0.1, 0.15) is 0 Å². The lowest BCUT2D eigenvalue weighted by Gasteiger charge is -2.22. The number of carbonyl (C=O) groups is 1. The van der Waals surface area contributed by atoms with Crippen LogP contribution in [0.4, 0.5) is 0 Å². The standard InChI is InChI=1S/C15H21NO2/c16-14-8-7-12-6-5-11(9-13(12)10-14)3-1-2-4-15(17)18/h5-6,9,14H,1-4,7-8,10,16H2,(H,17,18). The average molecular weight is 247 g/mol. The minimum absolute atomic E-state index is 0.274. The van der Waals surface area contributed by atoms with Crippen LogP contribution >= 0.6 is 0 Å². The van der Waals surface area contributed by atoms with Gasteiger partial charge in [-0.05, 0) is 55.2 Å². The van der Waals surface area contributed by atoms with Crippen LogP contribution in [0.5, 0.6) is 0 Å². The largest absolute Gasteiger partial charge is 0.481 e. The van der Waals surface area contributed by atoms with E-state index in [4.69, 9.17) is 10.8 Å². The van der Waals surface area contributed by atoms with E-state index >= 15 is 0 Å². The first-order valence-electron chi connectivity index (χ1n) is 6.73. The van der Waals surface area contributed by atoms with Crippen LogP contribution in [0.2, 0.25) is 0 Å². The summed E-state index contributed by atoms with van der Waals surface area (Å²) in [7, 11) is 0. The van der Waals surface area contributed by atoms with Crippen LogP contribution in [0, 0.1) is 0 Å². The Morgan fingerprint density at radius 3 is 2.94 bits per heavy atom. The Bertz CT molecular complexity index is 429. The molecule has 0 amide bonds. The van der Waals surface area contributed by atoms with E-state index in [0.717, 1.165) is 38.5 Å². The maximum atomic E-state index is 10.4. The number of aliphatic carboxylic acids is 1. The molecule has 1 atom stereocenters. The first-order valence-corrected chi connectivity index (χ1v) is 6.73. The van der Waals surface area contributed by atoms with Gasteiger partial charge in [-0.15, -0.1) is 0 Å². The molecule has 98 valence electrons. The van der Waals surface area contributed by atoms with Gasteiger partial charge in [-0.25, -0.2) is 0 Å². The number of carboxylic acid groups (broad SMARTS) is 1. The molecule has 0 aromatic heterocycles. The Kier molecular flexibility index (Phi) is 4.37. The highest BCUT2D eigenvalue weighted by Gasteiger charge is 2.15. The van der Waals surface area contributed by atoms with Crippen LogP contribution in [0.25, 0.3) is 0 Å². The second kappa shape index (κ2) is 6.01. The Labute approximate surface area is 108 Å². The highest BCUT2D eigenvalue weighted by molar-refractivity contribution is 5.66. The first kappa shape index (κ1) is 13.1. The Hall–Kier alpha value is -1.35. The van der Waals surface area contributed by atoms with Gasteiger partial charge in [0.2, 0.25) is 0 Å². The summed E-state index contributed by atoms with van der Waals surface area (Å²) in [5.74, 6) is -0.702. The lowest BCUT2D eigenvalue weighted by atomic mass is 9.87. The van der Waals surface area contributed by atoms with Crippen LogP contribution in [0.1, 0.15) is 42.4 Å². The molecule has 1 unspecified atom stereocenters. The Morgan fingerprint density at radius 2 is 2.17 bits per heavy atom. The summed E-state index contributed by atoms with van der Waals surface area (Å²) in [5, 5.41) is 8.58. The highest BCUT2D eigenvalue weighted by Crippen LogP contribution is 2.22. The molecule has 0 bridgehead atoms. The fraction of sp³-hybridized carbons (Fsp3) is 0.533. The fourth-order valence-corrected chi connectivity index (χ4v) is 2.60. The van der Waals surface area contributed by atoms with Crippen molar-refractivity contribution in [3.8, 4) is 0 Å². The molecule has 1 aromatic rings. The summed E-state index contributed by atoms with van der Waals surface area (Å²) in [6.45, 7) is 0. The number of fused-ring (bicyclic) bond motifs is 1. The molecule has 1 aliphatic carbocycles. The molecule has 18 heavy (non-hydrogen) atoms. The molecule has 0 spiro atoms. The number of benzene rings is 1. The summed E-state index contributed by atoms with van der Waals surface area (Å²) in [4.78, 5) is 10.4. The van der Waals surface area contributed by atoms with Crippen LogP contribution in [0.15, 0.2) is 18.2 Å². The van der Waals surface area contributed by atoms with E-state index in [1.54, 1.807) is 0 Å². The number of hydrogen-bond acceptors (Lipinski definition) is 2. The van der Waals surface area contributed by atoms with Gasteiger partial charge >= 0.3 is 5.97 Å². The van der Waals surface area contributed by atoms with Gasteiger partial charge in [0.15, 0.2) is 0 Å². The van der Waals surface area contributed by atoms with E-state index in [0.29, 0.717) is 6.04 Å². The zero-order valence-corrected chi connectivity index (χ0v) is 10.7. The first-order chi connectivity index (χ1) is 8.65. The lowest BCUT2D eigenvalue weighted by molar-refractivity contribution is -0.137. The number of aryl methyl sites for hydroxylation is 2. The normalized spacial score (nSPS) is 18.4. The van der Waals surface area contributed by atoms with Crippen molar-refractivity contribution in [1.82, 2.24) is 0 Å². The van der Waals surface area contributed by atoms with Gasteiger partial charge < -0.3 is 10.8 Å². The monoisotopic (exact) mass is 247 g/mol. The number of unbranched alkanes of at least 4 members (excludes halogenated alkanes) is 1. The van der Waals surface area contributed by atoms with Gasteiger partial charge in [-0.3, -0.25) is 4.79 Å². The van der Waals surface area contributed by atoms with Crippen LogP contribution in [0.3, 0.4) is 0 Å². The predicted octanol–water partition coefficient (Wildman–Crippen LogP) is 2.30. The molecular formula is C15H21NO2. The topological polar surface area (TPSA) is 63.3 Å². The van der Waals surface area contributed by atoms with Gasteiger partial charge in [-0.1, -0.05) is 18.2 Å². The summed E-state index contributed by atoms with van der Waals surface area (Å²) >= 11 is 0. The summed E-state index contributed by atoms with van der Waals surface area (Å²) in [6, 6.07) is 6.96. The zero-order valence-electron chi connectivity index (χ0n) is 10.7. The molecule has 1 aromatic carbocycles. The van der Waals surface area contributed by atoms with Crippen molar-refractivity contribution >= 4 is 5.97 Å². The summed E-state index contributed by atoms with van der Waals surface area (Å²) in [6.07, 6.45) is 6.10. The Balaban J connectivity index is 1.90. The van der Waals surface area contributed by atoms with Crippen molar-refractivity contribution in [2.24, 2.45) is 5.73 Å². The third kappa shape index (κ3) is 3.57. The lowest BCUT2D eigenvalue weighted by Crippen LogP contribution is -2.27. The zero-order chi connectivity index (χ0) is 13.0. The van der Waals surface area contributed by atoms with Gasteiger partial charge in [-0.2, -0.15) is 0 Å². The Morgan fingerprint density at radius 1 is 1.33 bits per heavy atom. The van der Waals surface area contributed by atoms with E-state index in [1.807, 2.05) is 0 Å². The average Bonchev–Trinajstić information content (AvgIpc) is 2.34. The molecular weight excluding hydrogens is 226 g/mol.